The topological polar surface area (TPSA) is 0 Å². The maximum absolute atomic E-state index is 2.55. The second-order valence-electron chi connectivity index (χ2n) is 17.1. The van der Waals surface area contributed by atoms with Crippen LogP contribution in [-0.4, -0.2) is 0 Å². The molecule has 0 radical (unpaired) electrons. The Morgan fingerprint density at radius 1 is 0.519 bits per heavy atom. The zero-order chi connectivity index (χ0) is 35.6. The zero-order valence-electron chi connectivity index (χ0n) is 31.4. The van der Waals surface area contributed by atoms with Gasteiger partial charge < -0.3 is 0 Å². The lowest BCUT2D eigenvalue weighted by Crippen LogP contribution is -2.41. The van der Waals surface area contributed by atoms with Crippen LogP contribution in [0.2, 0.25) is 0 Å². The molecule has 10 aliphatic rings. The lowest BCUT2D eigenvalue weighted by atomic mass is 9.59. The summed E-state index contributed by atoms with van der Waals surface area (Å²) in [4.78, 5) is 0. The number of fused-ring (bicyclic) bond motifs is 3. The van der Waals surface area contributed by atoms with E-state index in [0.29, 0.717) is 29.6 Å². The van der Waals surface area contributed by atoms with Crippen molar-refractivity contribution in [2.45, 2.75) is 64.2 Å². The third-order valence-corrected chi connectivity index (χ3v) is 14.4. The molecule has 0 nitrogen and oxygen atoms in total. The Labute approximate surface area is 321 Å². The van der Waals surface area contributed by atoms with E-state index in [2.05, 4.69) is 146 Å². The molecule has 0 amide bonds. The second-order valence-corrected chi connectivity index (χ2v) is 17.1. The van der Waals surface area contributed by atoms with Crippen LogP contribution in [0.1, 0.15) is 64.2 Å². The van der Waals surface area contributed by atoms with Gasteiger partial charge in [0, 0.05) is 29.6 Å². The Balaban J connectivity index is 0.932. The summed E-state index contributed by atoms with van der Waals surface area (Å²) >= 11 is 0. The van der Waals surface area contributed by atoms with Crippen molar-refractivity contribution < 1.29 is 0 Å². The van der Waals surface area contributed by atoms with Crippen LogP contribution in [0.5, 0.6) is 0 Å². The van der Waals surface area contributed by atoms with Gasteiger partial charge in [-0.25, -0.2) is 0 Å². The standard InChI is InChI=1S/C54H50/c1-2-13-43-37(9-1)10-8-18-44(43)38-25-21-35(22-26-38)19-20-36-23-27-41(28-24-36)52-45-14-3-5-16-47(45)54(48-17-6-4-15-46(48)52)50-34-32-42-30-29-39-11-7-12-40-31-33-49(50)53(42)51(39)40/h1-6,8-11,13-21,23,25,27,29-30,37,40,43,45,47,51H,7,12,22,24,26,28,31-34H2. The van der Waals surface area contributed by atoms with Gasteiger partial charge in [0.05, 0.1) is 0 Å². The molecular formula is C54H50. The smallest absolute Gasteiger partial charge is 0.0134 e. The van der Waals surface area contributed by atoms with E-state index in [1.165, 1.54) is 76.8 Å². The molecule has 54 heavy (non-hydrogen) atoms. The summed E-state index contributed by atoms with van der Waals surface area (Å²) < 4.78 is 0. The molecule has 11 rings (SSSR count). The lowest BCUT2D eigenvalue weighted by Gasteiger charge is -2.45. The van der Waals surface area contributed by atoms with Crippen molar-refractivity contribution in [2.75, 3.05) is 0 Å². The van der Waals surface area contributed by atoms with Gasteiger partial charge in [0.1, 0.15) is 0 Å². The highest BCUT2D eigenvalue weighted by molar-refractivity contribution is 5.83. The van der Waals surface area contributed by atoms with Crippen molar-refractivity contribution in [1.82, 2.24) is 0 Å². The average molecular weight is 699 g/mol. The molecule has 0 spiro atoms. The molecule has 0 heteroatoms. The molecule has 0 bridgehead atoms. The van der Waals surface area contributed by atoms with Crippen molar-refractivity contribution >= 4 is 11.1 Å². The van der Waals surface area contributed by atoms with Crippen LogP contribution in [0.4, 0.5) is 0 Å². The van der Waals surface area contributed by atoms with Crippen LogP contribution < -0.4 is 10.4 Å². The molecule has 1 fully saturated rings. The molecular weight excluding hydrogens is 649 g/mol. The average Bonchev–Trinajstić information content (AvgIpc) is 3.24. The van der Waals surface area contributed by atoms with Gasteiger partial charge in [0.15, 0.2) is 0 Å². The molecule has 0 aromatic heterocycles. The van der Waals surface area contributed by atoms with Gasteiger partial charge in [-0.2, -0.15) is 0 Å². The van der Waals surface area contributed by atoms with Crippen LogP contribution >= 0.6 is 0 Å². The Morgan fingerprint density at radius 2 is 1.20 bits per heavy atom. The molecule has 6 atom stereocenters. The summed E-state index contributed by atoms with van der Waals surface area (Å²) in [5.74, 6) is 3.23. The van der Waals surface area contributed by atoms with Crippen LogP contribution in [0.25, 0.3) is 11.1 Å². The van der Waals surface area contributed by atoms with Crippen LogP contribution in [0, 0.1) is 35.5 Å². The van der Waals surface area contributed by atoms with E-state index in [1.54, 1.807) is 39.0 Å². The number of allylic oxidation sites excluding steroid dienone is 30. The predicted molar refractivity (Wildman–Crippen MR) is 226 cm³/mol. The van der Waals surface area contributed by atoms with Gasteiger partial charge in [-0.3, -0.25) is 0 Å². The van der Waals surface area contributed by atoms with Crippen LogP contribution in [-0.2, 0) is 0 Å². The first-order valence-electron chi connectivity index (χ1n) is 21.0. The number of benzene rings is 1. The minimum absolute atomic E-state index is 0.381. The van der Waals surface area contributed by atoms with Crippen molar-refractivity contribution in [3.8, 4) is 0 Å². The highest BCUT2D eigenvalue weighted by Gasteiger charge is 2.42. The molecule has 10 aliphatic carbocycles. The molecule has 1 aromatic carbocycles. The maximum Gasteiger partial charge on any atom is 0.0134 e. The van der Waals surface area contributed by atoms with Gasteiger partial charge in [-0.1, -0.05) is 146 Å². The summed E-state index contributed by atoms with van der Waals surface area (Å²) in [6, 6.07) is 9.46. The largest absolute Gasteiger partial charge is 0.0807 e. The summed E-state index contributed by atoms with van der Waals surface area (Å²) in [5, 5.41) is 2.96. The number of rotatable bonds is 5. The van der Waals surface area contributed by atoms with Gasteiger partial charge in [-0.05, 0) is 147 Å². The third-order valence-electron chi connectivity index (χ3n) is 14.4. The summed E-state index contributed by atoms with van der Waals surface area (Å²) in [5.41, 5.74) is 19.0. The summed E-state index contributed by atoms with van der Waals surface area (Å²) in [6.45, 7) is 0. The molecule has 0 heterocycles. The number of hydrogen-bond donors (Lipinski definition) is 0. The molecule has 0 aliphatic heterocycles. The highest BCUT2D eigenvalue weighted by atomic mass is 14.5. The molecule has 6 unspecified atom stereocenters. The van der Waals surface area contributed by atoms with E-state index in [9.17, 15) is 0 Å². The van der Waals surface area contributed by atoms with Gasteiger partial charge in [0.2, 0.25) is 0 Å². The number of hydrogen-bond acceptors (Lipinski definition) is 0. The van der Waals surface area contributed by atoms with Crippen LogP contribution in [0.15, 0.2) is 202 Å². The van der Waals surface area contributed by atoms with Crippen molar-refractivity contribution in [3.63, 3.8) is 0 Å². The van der Waals surface area contributed by atoms with Gasteiger partial charge >= 0.3 is 0 Å². The van der Waals surface area contributed by atoms with E-state index >= 15 is 0 Å². The normalized spacial score (nSPS) is 31.6. The van der Waals surface area contributed by atoms with Crippen molar-refractivity contribution in [1.29, 1.82) is 0 Å². The highest BCUT2D eigenvalue weighted by Crippen LogP contribution is 2.56. The van der Waals surface area contributed by atoms with Gasteiger partial charge in [0.25, 0.3) is 0 Å². The van der Waals surface area contributed by atoms with E-state index < -0.39 is 0 Å². The second kappa shape index (κ2) is 13.4. The van der Waals surface area contributed by atoms with Crippen molar-refractivity contribution in [2.24, 2.45) is 35.5 Å². The zero-order valence-corrected chi connectivity index (χ0v) is 31.4. The fourth-order valence-corrected chi connectivity index (χ4v) is 11.8. The molecule has 266 valence electrons. The van der Waals surface area contributed by atoms with Gasteiger partial charge in [-0.15, -0.1) is 0 Å². The Morgan fingerprint density at radius 3 is 1.98 bits per heavy atom. The fourth-order valence-electron chi connectivity index (χ4n) is 11.8. The molecule has 0 N–H and O–H groups in total. The summed E-state index contributed by atoms with van der Waals surface area (Å²) in [7, 11) is 0. The first-order valence-corrected chi connectivity index (χ1v) is 21.0. The van der Waals surface area contributed by atoms with E-state index in [4.69, 9.17) is 0 Å². The van der Waals surface area contributed by atoms with E-state index in [-0.39, 0.29) is 0 Å². The molecule has 1 saturated carbocycles. The SMILES string of the molecule is C1=CC2C=CC=C(C3=CC=C(C=CC4=CC=C(C5=c6ccccc6=C(C6=C7CCC8CCC=C9C=CC(=C7C98)CC6)C6C=CC=CC56)CC4)CC3)C2C=C1. The minimum Gasteiger partial charge on any atom is -0.0807 e. The predicted octanol–water partition coefficient (Wildman–Crippen LogP) is 11.8. The molecule has 1 aromatic rings. The first-order chi connectivity index (χ1) is 26.8. The summed E-state index contributed by atoms with van der Waals surface area (Å²) in [6.07, 6.45) is 59.7. The van der Waals surface area contributed by atoms with E-state index in [1.807, 2.05) is 0 Å². The lowest BCUT2D eigenvalue weighted by molar-refractivity contribution is 0.330. The maximum atomic E-state index is 2.55. The van der Waals surface area contributed by atoms with Crippen molar-refractivity contribution in [3.05, 3.63) is 212 Å². The quantitative estimate of drug-likeness (QED) is 0.287. The minimum atomic E-state index is 0.381. The van der Waals surface area contributed by atoms with E-state index in [0.717, 1.165) is 31.6 Å². The molecule has 0 saturated heterocycles. The monoisotopic (exact) mass is 698 g/mol. The Bertz CT molecular complexity index is 2450. The first kappa shape index (κ1) is 32.5. The fraction of sp³-hybridized carbons (Fsp3) is 0.296. The van der Waals surface area contributed by atoms with Crippen LogP contribution in [0.3, 0.4) is 0 Å². The Hall–Kier alpha value is -4.94. The Kier molecular flexibility index (Phi) is 8.07. The third kappa shape index (κ3) is 5.39.